The maximum Gasteiger partial charge on any atom is 0.0556 e. The minimum absolute atomic E-state index is 0.399. The van der Waals surface area contributed by atoms with Crippen molar-refractivity contribution < 1.29 is 0 Å². The van der Waals surface area contributed by atoms with Gasteiger partial charge in [-0.25, -0.2) is 0 Å². The van der Waals surface area contributed by atoms with E-state index in [1.54, 1.807) is 0 Å². The molecule has 0 aromatic carbocycles. The van der Waals surface area contributed by atoms with E-state index in [1.165, 1.54) is 52.8 Å². The van der Waals surface area contributed by atoms with Crippen LogP contribution in [0.15, 0.2) is 71.2 Å². The van der Waals surface area contributed by atoms with Gasteiger partial charge in [-0.05, 0) is 119 Å². The molecule has 1 fully saturated rings. The Morgan fingerprint density at radius 3 is 2.82 bits per heavy atom. The Labute approximate surface area is 207 Å². The third-order valence-electron chi connectivity index (χ3n) is 7.49. The number of hydrogen-bond donors (Lipinski definition) is 2. The van der Waals surface area contributed by atoms with Gasteiger partial charge in [-0.15, -0.1) is 5.73 Å². The summed E-state index contributed by atoms with van der Waals surface area (Å²) in [5.74, 6) is 0.901. The molecular formula is C31H45N3. The summed E-state index contributed by atoms with van der Waals surface area (Å²) in [6.45, 7) is 15.5. The van der Waals surface area contributed by atoms with Crippen LogP contribution in [0.1, 0.15) is 109 Å². The highest BCUT2D eigenvalue weighted by molar-refractivity contribution is 5.37. The average molecular weight is 460 g/mol. The van der Waals surface area contributed by atoms with Crippen molar-refractivity contribution >= 4 is 0 Å². The summed E-state index contributed by atoms with van der Waals surface area (Å²) in [6, 6.07) is 0.983. The van der Waals surface area contributed by atoms with Crippen LogP contribution in [0.4, 0.5) is 0 Å². The van der Waals surface area contributed by atoms with Crippen molar-refractivity contribution in [3.8, 4) is 0 Å². The first kappa shape index (κ1) is 26.3. The third kappa shape index (κ3) is 7.08. The average Bonchev–Trinajstić information content (AvgIpc) is 3.30. The molecule has 1 aliphatic heterocycles. The van der Waals surface area contributed by atoms with Crippen LogP contribution in [0.2, 0.25) is 0 Å². The van der Waals surface area contributed by atoms with E-state index in [2.05, 4.69) is 99.0 Å². The molecule has 2 N–H and O–H groups in total. The Kier molecular flexibility index (Phi) is 9.99. The zero-order chi connectivity index (χ0) is 24.5. The van der Waals surface area contributed by atoms with Crippen LogP contribution >= 0.6 is 0 Å². The zero-order valence-electron chi connectivity index (χ0n) is 22.1. The van der Waals surface area contributed by atoms with Crippen LogP contribution in [0.5, 0.6) is 0 Å². The molecule has 0 radical (unpaired) electrons. The highest BCUT2D eigenvalue weighted by atomic mass is 15.1. The number of nitrogens with zero attached hydrogens (tertiary/aromatic N) is 1. The van der Waals surface area contributed by atoms with E-state index in [9.17, 15) is 0 Å². The molecule has 1 saturated heterocycles. The Morgan fingerprint density at radius 2 is 2.09 bits per heavy atom. The molecule has 0 amide bonds. The molecule has 2 heterocycles. The van der Waals surface area contributed by atoms with E-state index in [4.69, 9.17) is 0 Å². The van der Waals surface area contributed by atoms with Gasteiger partial charge in [0.1, 0.15) is 0 Å². The molecule has 1 aliphatic carbocycles. The van der Waals surface area contributed by atoms with Crippen molar-refractivity contribution in [1.82, 2.24) is 15.5 Å². The van der Waals surface area contributed by atoms with Crippen molar-refractivity contribution in [2.75, 3.05) is 0 Å². The van der Waals surface area contributed by atoms with Crippen molar-refractivity contribution in [2.45, 2.75) is 104 Å². The SMILES string of the molecule is C=C1CCC(c2cn[nH]c2C2CCCC(C)N2)C/C=C/C1CC(=C\C)/C(C)=C/C(C)=C=CCC. The number of piperidine rings is 1. The van der Waals surface area contributed by atoms with Gasteiger partial charge in [-0.3, -0.25) is 5.10 Å². The highest BCUT2D eigenvalue weighted by Crippen LogP contribution is 2.38. The predicted molar refractivity (Wildman–Crippen MR) is 146 cm³/mol. The highest BCUT2D eigenvalue weighted by Gasteiger charge is 2.27. The fourth-order valence-corrected chi connectivity index (χ4v) is 5.44. The number of rotatable bonds is 7. The molecule has 4 unspecified atom stereocenters. The first-order valence-electron chi connectivity index (χ1n) is 13.3. The van der Waals surface area contributed by atoms with Crippen molar-refractivity contribution in [3.05, 3.63) is 82.4 Å². The van der Waals surface area contributed by atoms with Gasteiger partial charge in [0.15, 0.2) is 0 Å². The Morgan fingerprint density at radius 1 is 1.26 bits per heavy atom. The van der Waals surface area contributed by atoms with Crippen LogP contribution in [0.25, 0.3) is 0 Å². The van der Waals surface area contributed by atoms with E-state index in [-0.39, 0.29) is 0 Å². The molecule has 1 aromatic heterocycles. The van der Waals surface area contributed by atoms with Gasteiger partial charge in [-0.2, -0.15) is 5.10 Å². The lowest BCUT2D eigenvalue weighted by Crippen LogP contribution is -2.35. The lowest BCUT2D eigenvalue weighted by molar-refractivity contribution is 0.333. The van der Waals surface area contributed by atoms with Gasteiger partial charge in [0.05, 0.1) is 11.9 Å². The third-order valence-corrected chi connectivity index (χ3v) is 7.49. The lowest BCUT2D eigenvalue weighted by Gasteiger charge is -2.30. The van der Waals surface area contributed by atoms with E-state index < -0.39 is 0 Å². The van der Waals surface area contributed by atoms with E-state index in [1.807, 2.05) is 0 Å². The molecule has 3 heteroatoms. The largest absolute Gasteiger partial charge is 0.306 e. The number of hydrogen-bond acceptors (Lipinski definition) is 2. The number of aromatic amines is 1. The second kappa shape index (κ2) is 12.9. The summed E-state index contributed by atoms with van der Waals surface area (Å²) >= 11 is 0. The second-order valence-corrected chi connectivity index (χ2v) is 10.2. The Bertz CT molecular complexity index is 980. The van der Waals surface area contributed by atoms with Crippen LogP contribution in [-0.4, -0.2) is 16.2 Å². The summed E-state index contributed by atoms with van der Waals surface area (Å²) in [6.07, 6.45) is 22.6. The number of allylic oxidation sites excluding steroid dienone is 8. The number of aromatic nitrogens is 2. The van der Waals surface area contributed by atoms with E-state index in [0.29, 0.717) is 23.9 Å². The minimum Gasteiger partial charge on any atom is -0.306 e. The molecule has 3 rings (SSSR count). The van der Waals surface area contributed by atoms with Crippen LogP contribution in [0, 0.1) is 5.92 Å². The summed E-state index contributed by atoms with van der Waals surface area (Å²) in [5.41, 5.74) is 11.3. The zero-order valence-corrected chi connectivity index (χ0v) is 22.1. The minimum atomic E-state index is 0.399. The summed E-state index contributed by atoms with van der Waals surface area (Å²) in [7, 11) is 0. The molecule has 4 atom stereocenters. The summed E-state index contributed by atoms with van der Waals surface area (Å²) < 4.78 is 0. The normalized spacial score (nSPS) is 27.5. The fourth-order valence-electron chi connectivity index (χ4n) is 5.44. The lowest BCUT2D eigenvalue weighted by atomic mass is 9.80. The molecule has 184 valence electrons. The van der Waals surface area contributed by atoms with Gasteiger partial charge < -0.3 is 5.32 Å². The topological polar surface area (TPSA) is 40.7 Å². The molecule has 0 bridgehead atoms. The Hall–Kier alpha value is -2.35. The predicted octanol–water partition coefficient (Wildman–Crippen LogP) is 8.40. The van der Waals surface area contributed by atoms with Gasteiger partial charge >= 0.3 is 0 Å². The van der Waals surface area contributed by atoms with Crippen molar-refractivity contribution in [1.29, 1.82) is 0 Å². The van der Waals surface area contributed by atoms with E-state index in [0.717, 1.165) is 32.1 Å². The van der Waals surface area contributed by atoms with Gasteiger partial charge in [0.2, 0.25) is 0 Å². The van der Waals surface area contributed by atoms with Gasteiger partial charge in [0.25, 0.3) is 0 Å². The molecule has 1 aromatic rings. The first-order valence-corrected chi connectivity index (χ1v) is 13.3. The second-order valence-electron chi connectivity index (χ2n) is 10.2. The summed E-state index contributed by atoms with van der Waals surface area (Å²) in [5, 5.41) is 11.6. The summed E-state index contributed by atoms with van der Waals surface area (Å²) in [4.78, 5) is 0. The molecule has 34 heavy (non-hydrogen) atoms. The maximum absolute atomic E-state index is 4.53. The van der Waals surface area contributed by atoms with Crippen LogP contribution in [-0.2, 0) is 0 Å². The molecule has 2 aliphatic rings. The maximum atomic E-state index is 4.53. The quantitative estimate of drug-likeness (QED) is 0.244. The molecular weight excluding hydrogens is 414 g/mol. The van der Waals surface area contributed by atoms with Crippen molar-refractivity contribution in [2.24, 2.45) is 5.92 Å². The first-order chi connectivity index (χ1) is 16.4. The molecule has 0 saturated carbocycles. The van der Waals surface area contributed by atoms with Crippen LogP contribution < -0.4 is 5.32 Å². The van der Waals surface area contributed by atoms with Gasteiger partial charge in [-0.1, -0.05) is 37.3 Å². The Balaban J connectivity index is 1.70. The monoisotopic (exact) mass is 459 g/mol. The molecule has 3 nitrogen and oxygen atoms in total. The smallest absolute Gasteiger partial charge is 0.0556 e. The van der Waals surface area contributed by atoms with Crippen molar-refractivity contribution in [3.63, 3.8) is 0 Å². The van der Waals surface area contributed by atoms with E-state index >= 15 is 0 Å². The number of nitrogens with one attached hydrogen (secondary N) is 2. The van der Waals surface area contributed by atoms with Gasteiger partial charge in [0, 0.05) is 18.0 Å². The fraction of sp³-hybridized carbons (Fsp3) is 0.548. The van der Waals surface area contributed by atoms with Crippen LogP contribution in [0.3, 0.4) is 0 Å². The number of H-pyrrole nitrogens is 1. The standard InChI is InChI=1S/C31H45N3/c1-7-9-12-22(3)19-24(5)26(8-2)20-28-15-11-14-27(18-17-23(28)4)29-21-32-34-31(29)30-16-10-13-25(6)33-30/h8-9,11,15,19,21,25,27-28,30,33H,4,7,10,13-14,16-18,20H2,1-3,5-6H3,(H,32,34)/b15-11+,24-19+,26-8+. The molecule has 0 spiro atoms.